The first kappa shape index (κ1) is 21.7. The van der Waals surface area contributed by atoms with Gasteiger partial charge in [0.15, 0.2) is 0 Å². The van der Waals surface area contributed by atoms with Gasteiger partial charge in [0.2, 0.25) is 0 Å². The van der Waals surface area contributed by atoms with Crippen LogP contribution >= 0.6 is 12.4 Å². The molecule has 3 N–H and O–H groups in total. The Bertz CT molecular complexity index is 811. The van der Waals surface area contributed by atoms with Crippen molar-refractivity contribution in [2.75, 3.05) is 19.0 Å². The summed E-state index contributed by atoms with van der Waals surface area (Å²) in [6.45, 7) is 3.05. The molecule has 6 nitrogen and oxygen atoms in total. The molecule has 1 aliphatic rings. The molecule has 0 aliphatic carbocycles. The van der Waals surface area contributed by atoms with Crippen molar-refractivity contribution >= 4 is 29.9 Å². The second-order valence-corrected chi connectivity index (χ2v) is 6.69. The number of piperidine rings is 1. The molecule has 0 aromatic heterocycles. The van der Waals surface area contributed by atoms with E-state index in [2.05, 4.69) is 22.9 Å². The Morgan fingerprint density at radius 3 is 2.46 bits per heavy atom. The van der Waals surface area contributed by atoms with Crippen LogP contribution in [-0.4, -0.2) is 37.6 Å². The number of anilines is 1. The maximum atomic E-state index is 12.8. The normalized spacial score (nSPS) is 18.5. The summed E-state index contributed by atoms with van der Waals surface area (Å²) in [6.07, 6.45) is 1.98. The van der Waals surface area contributed by atoms with Gasteiger partial charge in [-0.3, -0.25) is 9.59 Å². The molecular formula is C21H26ClN3O3. The topological polar surface area (TPSA) is 79.5 Å². The lowest BCUT2D eigenvalue weighted by molar-refractivity contribution is 0.0920. The van der Waals surface area contributed by atoms with Gasteiger partial charge in [-0.2, -0.15) is 0 Å². The minimum atomic E-state index is -0.273. The average Bonchev–Trinajstić information content (AvgIpc) is 2.70. The van der Waals surface area contributed by atoms with Gasteiger partial charge in [0.1, 0.15) is 5.75 Å². The predicted octanol–water partition coefficient (Wildman–Crippen LogP) is 3.24. The van der Waals surface area contributed by atoms with Crippen molar-refractivity contribution in [3.63, 3.8) is 0 Å². The highest BCUT2D eigenvalue weighted by Gasteiger charge is 2.24. The summed E-state index contributed by atoms with van der Waals surface area (Å²) >= 11 is 0. The minimum Gasteiger partial charge on any atom is -0.497 e. The molecular weight excluding hydrogens is 378 g/mol. The predicted molar refractivity (Wildman–Crippen MR) is 113 cm³/mol. The van der Waals surface area contributed by atoms with E-state index in [1.807, 2.05) is 0 Å². The molecule has 2 unspecified atom stereocenters. The SMILES string of the molecule is COc1ccc(C(=O)Nc2ccccc2C(=O)NC2CCCNC2C)cc1.Cl. The maximum absolute atomic E-state index is 12.8. The molecule has 3 rings (SSSR count). The minimum absolute atomic E-state index is 0. The van der Waals surface area contributed by atoms with E-state index in [0.717, 1.165) is 19.4 Å². The first-order valence-electron chi connectivity index (χ1n) is 9.17. The Kier molecular flexibility index (Phi) is 7.84. The van der Waals surface area contributed by atoms with Gasteiger partial charge in [-0.25, -0.2) is 0 Å². The second-order valence-electron chi connectivity index (χ2n) is 6.69. The molecule has 2 aromatic rings. The standard InChI is InChI=1S/C21H25N3O3.ClH/c1-14-18(8-5-13-22-14)23-21(26)17-6-3-4-7-19(17)24-20(25)15-9-11-16(27-2)12-10-15;/h3-4,6-7,9-12,14,18,22H,5,8,13H2,1-2H3,(H,23,26)(H,24,25);1H. The third-order valence-electron chi connectivity index (χ3n) is 4.85. The first-order valence-corrected chi connectivity index (χ1v) is 9.17. The third-order valence-corrected chi connectivity index (χ3v) is 4.85. The number of halogens is 1. The quantitative estimate of drug-likeness (QED) is 0.716. The Morgan fingerprint density at radius 1 is 1.07 bits per heavy atom. The van der Waals surface area contributed by atoms with Crippen LogP contribution < -0.4 is 20.7 Å². The van der Waals surface area contributed by atoms with E-state index < -0.39 is 0 Å². The summed E-state index contributed by atoms with van der Waals surface area (Å²) in [6, 6.07) is 14.2. The lowest BCUT2D eigenvalue weighted by atomic mass is 9.99. The zero-order valence-corrected chi connectivity index (χ0v) is 16.8. The molecule has 0 bridgehead atoms. The van der Waals surface area contributed by atoms with Crippen molar-refractivity contribution in [1.82, 2.24) is 10.6 Å². The number of rotatable bonds is 5. The van der Waals surface area contributed by atoms with Gasteiger partial charge < -0.3 is 20.7 Å². The van der Waals surface area contributed by atoms with Crippen molar-refractivity contribution in [2.24, 2.45) is 0 Å². The van der Waals surface area contributed by atoms with Gasteiger partial charge in [-0.1, -0.05) is 12.1 Å². The maximum Gasteiger partial charge on any atom is 0.255 e. The van der Waals surface area contributed by atoms with Gasteiger partial charge >= 0.3 is 0 Å². The van der Waals surface area contributed by atoms with E-state index in [-0.39, 0.29) is 36.3 Å². The summed E-state index contributed by atoms with van der Waals surface area (Å²) in [5.74, 6) is 0.230. The number of amides is 2. The van der Waals surface area contributed by atoms with Crippen molar-refractivity contribution in [3.8, 4) is 5.75 Å². The van der Waals surface area contributed by atoms with Gasteiger partial charge in [0.05, 0.1) is 18.4 Å². The van der Waals surface area contributed by atoms with Crippen LogP contribution in [0.2, 0.25) is 0 Å². The van der Waals surface area contributed by atoms with E-state index in [9.17, 15) is 9.59 Å². The van der Waals surface area contributed by atoms with Crippen LogP contribution in [0.1, 0.15) is 40.5 Å². The summed E-state index contributed by atoms with van der Waals surface area (Å²) in [7, 11) is 1.58. The smallest absolute Gasteiger partial charge is 0.255 e. The fraction of sp³-hybridized carbons (Fsp3) is 0.333. The average molecular weight is 404 g/mol. The van der Waals surface area contributed by atoms with Crippen LogP contribution in [-0.2, 0) is 0 Å². The summed E-state index contributed by atoms with van der Waals surface area (Å²) < 4.78 is 5.11. The molecule has 7 heteroatoms. The lowest BCUT2D eigenvalue weighted by Gasteiger charge is -2.30. The van der Waals surface area contributed by atoms with Crippen LogP contribution in [0, 0.1) is 0 Å². The fourth-order valence-electron chi connectivity index (χ4n) is 3.21. The molecule has 2 atom stereocenters. The zero-order chi connectivity index (χ0) is 19.2. The Balaban J connectivity index is 0.00000280. The number of ether oxygens (including phenoxy) is 1. The Hall–Kier alpha value is -2.57. The fourth-order valence-corrected chi connectivity index (χ4v) is 3.21. The van der Waals surface area contributed by atoms with Gasteiger partial charge in [-0.05, 0) is 62.7 Å². The first-order chi connectivity index (χ1) is 13.1. The van der Waals surface area contributed by atoms with Gasteiger partial charge in [-0.15, -0.1) is 12.4 Å². The Morgan fingerprint density at radius 2 is 1.79 bits per heavy atom. The molecule has 0 saturated carbocycles. The van der Waals surface area contributed by atoms with Gasteiger partial charge in [0, 0.05) is 17.6 Å². The molecule has 0 spiro atoms. The number of nitrogens with one attached hydrogen (secondary N) is 3. The molecule has 1 heterocycles. The van der Waals surface area contributed by atoms with E-state index >= 15 is 0 Å². The molecule has 1 aliphatic heterocycles. The molecule has 1 saturated heterocycles. The van der Waals surface area contributed by atoms with Gasteiger partial charge in [0.25, 0.3) is 11.8 Å². The number of methoxy groups -OCH3 is 1. The summed E-state index contributed by atoms with van der Waals surface area (Å²) in [5, 5.41) is 9.29. The molecule has 2 aromatic carbocycles. The van der Waals surface area contributed by atoms with E-state index in [4.69, 9.17) is 4.74 Å². The van der Waals surface area contributed by atoms with Crippen molar-refractivity contribution in [3.05, 3.63) is 59.7 Å². The zero-order valence-electron chi connectivity index (χ0n) is 16.0. The highest BCUT2D eigenvalue weighted by atomic mass is 35.5. The Labute approximate surface area is 171 Å². The van der Waals surface area contributed by atoms with Crippen LogP contribution in [0.15, 0.2) is 48.5 Å². The molecule has 0 radical (unpaired) electrons. The highest BCUT2D eigenvalue weighted by molar-refractivity contribution is 6.09. The van der Waals surface area contributed by atoms with Crippen LogP contribution in [0.4, 0.5) is 5.69 Å². The number of carbonyl (C=O) groups excluding carboxylic acids is 2. The monoisotopic (exact) mass is 403 g/mol. The van der Waals surface area contributed by atoms with E-state index in [1.54, 1.807) is 55.6 Å². The molecule has 2 amide bonds. The third kappa shape index (κ3) is 5.24. The largest absolute Gasteiger partial charge is 0.497 e. The second kappa shape index (κ2) is 10.1. The summed E-state index contributed by atoms with van der Waals surface area (Å²) in [5.41, 5.74) is 1.44. The number of carbonyl (C=O) groups is 2. The van der Waals surface area contributed by atoms with Crippen LogP contribution in [0.5, 0.6) is 5.75 Å². The van der Waals surface area contributed by atoms with E-state index in [1.165, 1.54) is 0 Å². The number of benzene rings is 2. The molecule has 150 valence electrons. The lowest BCUT2D eigenvalue weighted by Crippen LogP contribution is -2.52. The molecule has 28 heavy (non-hydrogen) atoms. The van der Waals surface area contributed by atoms with Crippen LogP contribution in [0.25, 0.3) is 0 Å². The number of para-hydroxylation sites is 1. The van der Waals surface area contributed by atoms with Crippen LogP contribution in [0.3, 0.4) is 0 Å². The molecule has 1 fully saturated rings. The van der Waals surface area contributed by atoms with Crippen molar-refractivity contribution in [1.29, 1.82) is 0 Å². The highest BCUT2D eigenvalue weighted by Crippen LogP contribution is 2.19. The van der Waals surface area contributed by atoms with E-state index in [0.29, 0.717) is 22.6 Å². The van der Waals surface area contributed by atoms with Crippen molar-refractivity contribution in [2.45, 2.75) is 31.8 Å². The van der Waals surface area contributed by atoms with Crippen molar-refractivity contribution < 1.29 is 14.3 Å². The number of hydrogen-bond acceptors (Lipinski definition) is 4. The number of hydrogen-bond donors (Lipinski definition) is 3. The summed E-state index contributed by atoms with van der Waals surface area (Å²) in [4.78, 5) is 25.3.